The molecule has 0 fully saturated rings. The molecule has 0 saturated carbocycles. The Balaban J connectivity index is 3.06. The van der Waals surface area contributed by atoms with Crippen molar-refractivity contribution in [3.05, 3.63) is 35.9 Å². The number of alkyl carbamates (subject to hydrolysis) is 1. The number of ether oxygens (including phenoxy) is 1. The molecule has 0 unspecified atom stereocenters. The number of aliphatic hydroxyl groups is 1. The molecule has 2 atom stereocenters. The summed E-state index contributed by atoms with van der Waals surface area (Å²) in [6.45, 7) is 8.79. The van der Waals surface area contributed by atoms with Gasteiger partial charge in [-0.1, -0.05) is 49.4 Å². The summed E-state index contributed by atoms with van der Waals surface area (Å²) in [6.07, 6.45) is -2.28. The van der Waals surface area contributed by atoms with E-state index in [2.05, 4.69) is 5.32 Å². The second kappa shape index (κ2) is 12.6. The second-order valence-electron chi connectivity index (χ2n) is 8.89. The number of carbonyl (C=O) groups is 4. The van der Waals surface area contributed by atoms with E-state index in [1.165, 1.54) is 0 Å². The number of amides is 4. The van der Waals surface area contributed by atoms with Gasteiger partial charge in [0.1, 0.15) is 5.60 Å². The number of nitrogens with one attached hydrogen (secondary N) is 2. The highest BCUT2D eigenvalue weighted by Crippen LogP contribution is 2.12. The molecule has 11 heteroatoms. The minimum absolute atomic E-state index is 0.0262. The highest BCUT2D eigenvalue weighted by molar-refractivity contribution is 5.85. The summed E-state index contributed by atoms with van der Waals surface area (Å²) in [5.41, 5.74) is 6.82. The lowest BCUT2D eigenvalue weighted by Gasteiger charge is -2.29. The number of nitrogens with zero attached hydrogens (tertiary/aromatic N) is 1. The van der Waals surface area contributed by atoms with Gasteiger partial charge in [0.05, 0.1) is 6.04 Å². The van der Waals surface area contributed by atoms with Crippen molar-refractivity contribution in [1.82, 2.24) is 15.9 Å². The van der Waals surface area contributed by atoms with Gasteiger partial charge in [0.2, 0.25) is 0 Å². The molecule has 184 valence electrons. The predicted octanol–water partition coefficient (Wildman–Crippen LogP) is 1.79. The Kier molecular flexibility index (Phi) is 10.6. The lowest BCUT2D eigenvalue weighted by atomic mass is 10.0. The summed E-state index contributed by atoms with van der Waals surface area (Å²) in [7, 11) is 0. The van der Waals surface area contributed by atoms with Gasteiger partial charge in [-0.2, -0.15) is 0 Å². The summed E-state index contributed by atoms with van der Waals surface area (Å²) in [6, 6.07) is 6.42. The molecule has 0 spiro atoms. The zero-order chi connectivity index (χ0) is 25.2. The molecular formula is C22H34N4O7. The third-order valence-electron chi connectivity index (χ3n) is 4.17. The normalized spacial score (nSPS) is 12.9. The molecule has 1 aromatic carbocycles. The smallest absolute Gasteiger partial charge is 0.407 e. The number of urea groups is 1. The molecule has 0 radical (unpaired) electrons. The van der Waals surface area contributed by atoms with Gasteiger partial charge in [-0.25, -0.2) is 19.8 Å². The van der Waals surface area contributed by atoms with E-state index in [1.807, 2.05) is 19.3 Å². The second-order valence-corrected chi connectivity index (χ2v) is 8.89. The molecule has 0 saturated heterocycles. The van der Waals surface area contributed by atoms with E-state index < -0.39 is 41.7 Å². The van der Waals surface area contributed by atoms with Crippen LogP contribution in [-0.2, 0) is 25.6 Å². The predicted molar refractivity (Wildman–Crippen MR) is 119 cm³/mol. The van der Waals surface area contributed by atoms with Crippen molar-refractivity contribution < 1.29 is 33.9 Å². The van der Waals surface area contributed by atoms with Crippen LogP contribution in [0.25, 0.3) is 0 Å². The maximum absolute atomic E-state index is 12.9. The van der Waals surface area contributed by atoms with Crippen LogP contribution in [0.3, 0.4) is 0 Å². The monoisotopic (exact) mass is 466 g/mol. The van der Waals surface area contributed by atoms with Crippen LogP contribution in [0.4, 0.5) is 9.59 Å². The SMILES string of the molecule is CC(C)CCC(=O)ON(NC(N)=O)C(=O)[C@H](O)[C@H](Cc1ccccc1)NC(=O)OC(C)(C)C. The maximum atomic E-state index is 12.9. The van der Waals surface area contributed by atoms with Crippen molar-refractivity contribution in [1.29, 1.82) is 0 Å². The van der Waals surface area contributed by atoms with Crippen LogP contribution in [0.5, 0.6) is 0 Å². The highest BCUT2D eigenvalue weighted by Gasteiger charge is 2.35. The number of aliphatic hydroxyl groups excluding tert-OH is 1. The van der Waals surface area contributed by atoms with Crippen molar-refractivity contribution in [2.24, 2.45) is 11.7 Å². The Hall–Kier alpha value is -3.34. The molecule has 0 aliphatic heterocycles. The summed E-state index contributed by atoms with van der Waals surface area (Å²) in [4.78, 5) is 53.5. The van der Waals surface area contributed by atoms with Crippen LogP contribution in [-0.4, -0.2) is 52.0 Å². The number of primary amides is 1. The topological polar surface area (TPSA) is 160 Å². The zero-order valence-corrected chi connectivity index (χ0v) is 19.7. The lowest BCUT2D eigenvalue weighted by molar-refractivity contribution is -0.213. The molecule has 33 heavy (non-hydrogen) atoms. The maximum Gasteiger partial charge on any atom is 0.407 e. The summed E-state index contributed by atoms with van der Waals surface area (Å²) in [5, 5.41) is 13.4. The Morgan fingerprint density at radius 2 is 1.73 bits per heavy atom. The number of benzene rings is 1. The van der Waals surface area contributed by atoms with E-state index in [9.17, 15) is 24.3 Å². The minimum atomic E-state index is -1.91. The third kappa shape index (κ3) is 11.2. The number of hydrazine groups is 1. The van der Waals surface area contributed by atoms with E-state index >= 15 is 0 Å². The van der Waals surface area contributed by atoms with Crippen LogP contribution in [0.15, 0.2) is 30.3 Å². The minimum Gasteiger partial charge on any atom is -0.444 e. The van der Waals surface area contributed by atoms with Gasteiger partial charge in [0.25, 0.3) is 0 Å². The van der Waals surface area contributed by atoms with Crippen LogP contribution < -0.4 is 16.5 Å². The van der Waals surface area contributed by atoms with Crippen molar-refractivity contribution in [2.45, 2.75) is 71.6 Å². The molecule has 0 aliphatic rings. The number of rotatable bonds is 8. The van der Waals surface area contributed by atoms with Gasteiger partial charge in [0, 0.05) is 6.42 Å². The average Bonchev–Trinajstić information content (AvgIpc) is 2.69. The number of hydrogen-bond donors (Lipinski definition) is 4. The largest absolute Gasteiger partial charge is 0.444 e. The van der Waals surface area contributed by atoms with E-state index in [0.717, 1.165) is 0 Å². The Morgan fingerprint density at radius 3 is 2.24 bits per heavy atom. The number of carbonyl (C=O) groups excluding carboxylic acids is 4. The fourth-order valence-corrected chi connectivity index (χ4v) is 2.64. The van der Waals surface area contributed by atoms with Crippen LogP contribution in [0, 0.1) is 5.92 Å². The first-order chi connectivity index (χ1) is 15.3. The van der Waals surface area contributed by atoms with Gasteiger partial charge >= 0.3 is 24.0 Å². The van der Waals surface area contributed by atoms with Crippen LogP contribution in [0.2, 0.25) is 0 Å². The third-order valence-corrected chi connectivity index (χ3v) is 4.17. The molecule has 1 aromatic rings. The Morgan fingerprint density at radius 1 is 1.12 bits per heavy atom. The molecule has 0 heterocycles. The van der Waals surface area contributed by atoms with Gasteiger partial charge < -0.3 is 25.7 Å². The van der Waals surface area contributed by atoms with E-state index in [0.29, 0.717) is 12.0 Å². The van der Waals surface area contributed by atoms with Gasteiger partial charge in [-0.3, -0.25) is 4.79 Å². The number of hydrogen-bond acceptors (Lipinski definition) is 7. The molecular weight excluding hydrogens is 432 g/mol. The zero-order valence-electron chi connectivity index (χ0n) is 19.7. The Bertz CT molecular complexity index is 809. The van der Waals surface area contributed by atoms with Gasteiger partial charge in [0.15, 0.2) is 6.10 Å². The standard InChI is InChI=1S/C22H34N4O7/c1-14(2)11-12-17(27)33-26(25-20(23)30)19(29)18(28)16(13-15-9-7-6-8-10-15)24-21(31)32-22(3,4)5/h6-10,14,16,18,28H,11-13H2,1-5H3,(H,24,31)(H3,23,25,30)/t16-,18+/m0/s1. The van der Waals surface area contributed by atoms with Gasteiger partial charge in [-0.05, 0) is 45.1 Å². The average molecular weight is 467 g/mol. The summed E-state index contributed by atoms with van der Waals surface area (Å²) < 4.78 is 5.22. The first-order valence-corrected chi connectivity index (χ1v) is 10.6. The molecule has 1 rings (SSSR count). The molecule has 4 amide bonds. The van der Waals surface area contributed by atoms with Crippen LogP contribution in [0.1, 0.15) is 53.0 Å². The van der Waals surface area contributed by atoms with Gasteiger partial charge in [-0.15, -0.1) is 0 Å². The summed E-state index contributed by atoms with van der Waals surface area (Å²) in [5.74, 6) is -1.81. The van der Waals surface area contributed by atoms with E-state index in [1.54, 1.807) is 51.1 Å². The fraction of sp³-hybridized carbons (Fsp3) is 0.545. The molecule has 11 nitrogen and oxygen atoms in total. The number of hydroxylamine groups is 1. The van der Waals surface area contributed by atoms with Crippen LogP contribution >= 0.6 is 0 Å². The Labute approximate surface area is 193 Å². The van der Waals surface area contributed by atoms with Crippen molar-refractivity contribution >= 4 is 24.0 Å². The first kappa shape index (κ1) is 27.7. The molecule has 0 bridgehead atoms. The molecule has 0 aromatic heterocycles. The lowest BCUT2D eigenvalue weighted by Crippen LogP contribution is -2.58. The highest BCUT2D eigenvalue weighted by atomic mass is 16.7. The van der Waals surface area contributed by atoms with E-state index in [4.69, 9.17) is 15.3 Å². The number of nitrogens with two attached hydrogens (primary N) is 1. The molecule has 0 aliphatic carbocycles. The van der Waals surface area contributed by atoms with E-state index in [-0.39, 0.29) is 23.9 Å². The fourth-order valence-electron chi connectivity index (χ4n) is 2.64. The van der Waals surface area contributed by atoms with Crippen molar-refractivity contribution in [2.75, 3.05) is 0 Å². The van der Waals surface area contributed by atoms with Crippen molar-refractivity contribution in [3.8, 4) is 0 Å². The van der Waals surface area contributed by atoms with Crippen molar-refractivity contribution in [3.63, 3.8) is 0 Å². The molecule has 5 N–H and O–H groups in total. The summed E-state index contributed by atoms with van der Waals surface area (Å²) >= 11 is 0. The quantitative estimate of drug-likeness (QED) is 0.425. The first-order valence-electron chi connectivity index (χ1n) is 10.6.